The standard InChI is InChI=1S/C33H28F2N4O5S/c1-18-37-31-27(39(18)23-12-10-22(35)11-13-23)14-20(15-29(31)43-4)24-16-25-28(17-26(24)38(3)45(5,41)42)44-32(30(25)33(40)36-2)19-6-8-21(34)9-7-19/h6-17H,1-5H3,(H,36,40). The number of anilines is 1. The largest absolute Gasteiger partial charge is 0.494 e. The number of hydrogen-bond donors (Lipinski definition) is 1. The van der Waals surface area contributed by atoms with Gasteiger partial charge in [-0.05, 0) is 79.2 Å². The van der Waals surface area contributed by atoms with Crippen molar-refractivity contribution in [3.63, 3.8) is 0 Å². The Balaban J connectivity index is 1.69. The summed E-state index contributed by atoms with van der Waals surface area (Å²) in [6.07, 6.45) is 1.08. The van der Waals surface area contributed by atoms with Crippen molar-refractivity contribution in [3.05, 3.63) is 95.8 Å². The Kier molecular flexibility index (Phi) is 7.32. The molecule has 45 heavy (non-hydrogen) atoms. The number of amides is 1. The number of ether oxygens (including phenoxy) is 1. The molecular formula is C33H28F2N4O5S. The first-order valence-electron chi connectivity index (χ1n) is 13.8. The summed E-state index contributed by atoms with van der Waals surface area (Å²) in [4.78, 5) is 18.0. The highest BCUT2D eigenvalue weighted by Crippen LogP contribution is 2.43. The third-order valence-corrected chi connectivity index (χ3v) is 8.90. The molecule has 0 aliphatic rings. The van der Waals surface area contributed by atoms with E-state index < -0.39 is 21.7 Å². The van der Waals surface area contributed by atoms with Crippen LogP contribution in [0.2, 0.25) is 0 Å². The molecule has 0 fully saturated rings. The van der Waals surface area contributed by atoms with Gasteiger partial charge in [-0.1, -0.05) is 0 Å². The Hall–Kier alpha value is -5.23. The van der Waals surface area contributed by atoms with E-state index in [2.05, 4.69) is 5.32 Å². The summed E-state index contributed by atoms with van der Waals surface area (Å²) in [6, 6.07) is 18.3. The molecular weight excluding hydrogens is 602 g/mol. The lowest BCUT2D eigenvalue weighted by molar-refractivity contribution is 0.0964. The minimum Gasteiger partial charge on any atom is -0.494 e. The van der Waals surface area contributed by atoms with Gasteiger partial charge in [0.15, 0.2) is 0 Å². The lowest BCUT2D eigenvalue weighted by Crippen LogP contribution is -2.25. The predicted molar refractivity (Wildman–Crippen MR) is 170 cm³/mol. The number of halogens is 2. The first-order chi connectivity index (χ1) is 21.4. The summed E-state index contributed by atoms with van der Waals surface area (Å²) in [5.41, 5.74) is 4.06. The predicted octanol–water partition coefficient (Wildman–Crippen LogP) is 6.46. The number of carbonyl (C=O) groups is 1. The Labute approximate surface area is 257 Å². The quantitative estimate of drug-likeness (QED) is 0.217. The van der Waals surface area contributed by atoms with Gasteiger partial charge in [-0.25, -0.2) is 22.2 Å². The molecule has 1 N–H and O–H groups in total. The smallest absolute Gasteiger partial charge is 0.255 e. The van der Waals surface area contributed by atoms with E-state index >= 15 is 0 Å². The zero-order chi connectivity index (χ0) is 32.2. The third kappa shape index (κ3) is 5.16. The van der Waals surface area contributed by atoms with Gasteiger partial charge in [0.05, 0.1) is 30.1 Å². The van der Waals surface area contributed by atoms with Gasteiger partial charge in [0, 0.05) is 42.4 Å². The molecule has 12 heteroatoms. The Morgan fingerprint density at radius 2 is 1.62 bits per heavy atom. The van der Waals surface area contributed by atoms with E-state index in [1.165, 1.54) is 57.6 Å². The number of nitrogens with one attached hydrogen (secondary N) is 1. The fraction of sp³-hybridized carbons (Fsp3) is 0.152. The van der Waals surface area contributed by atoms with E-state index in [0.29, 0.717) is 50.4 Å². The van der Waals surface area contributed by atoms with E-state index in [1.54, 1.807) is 30.3 Å². The van der Waals surface area contributed by atoms with Gasteiger partial charge in [-0.3, -0.25) is 13.7 Å². The number of benzene rings is 4. The van der Waals surface area contributed by atoms with Crippen molar-refractivity contribution in [2.75, 3.05) is 31.8 Å². The van der Waals surface area contributed by atoms with Crippen molar-refractivity contribution in [1.29, 1.82) is 0 Å². The van der Waals surface area contributed by atoms with Crippen LogP contribution in [-0.4, -0.2) is 51.3 Å². The van der Waals surface area contributed by atoms with Crippen molar-refractivity contribution in [2.45, 2.75) is 6.92 Å². The highest BCUT2D eigenvalue weighted by Gasteiger charge is 2.27. The van der Waals surface area contributed by atoms with Crippen molar-refractivity contribution in [2.24, 2.45) is 0 Å². The molecule has 6 aromatic rings. The molecule has 9 nitrogen and oxygen atoms in total. The number of fused-ring (bicyclic) bond motifs is 2. The van der Waals surface area contributed by atoms with Crippen molar-refractivity contribution < 1.29 is 31.1 Å². The molecule has 6 rings (SSSR count). The minimum atomic E-state index is -3.76. The molecule has 230 valence electrons. The third-order valence-electron chi connectivity index (χ3n) is 7.71. The van der Waals surface area contributed by atoms with Crippen molar-refractivity contribution in [3.8, 4) is 33.9 Å². The van der Waals surface area contributed by atoms with Crippen LogP contribution in [0.1, 0.15) is 16.2 Å². The Morgan fingerprint density at radius 1 is 0.978 bits per heavy atom. The molecule has 2 heterocycles. The highest BCUT2D eigenvalue weighted by molar-refractivity contribution is 7.92. The molecule has 0 radical (unpaired) electrons. The number of sulfonamides is 1. The van der Waals surface area contributed by atoms with Gasteiger partial charge >= 0.3 is 0 Å². The maximum Gasteiger partial charge on any atom is 0.255 e. The second kappa shape index (κ2) is 11.0. The van der Waals surface area contributed by atoms with Crippen LogP contribution in [0.5, 0.6) is 5.75 Å². The summed E-state index contributed by atoms with van der Waals surface area (Å²) >= 11 is 0. The van der Waals surface area contributed by atoms with Gasteiger partial charge in [-0.2, -0.15) is 0 Å². The number of rotatable bonds is 7. The fourth-order valence-corrected chi connectivity index (χ4v) is 5.96. The lowest BCUT2D eigenvalue weighted by atomic mass is 9.97. The van der Waals surface area contributed by atoms with Crippen LogP contribution in [0.3, 0.4) is 0 Å². The van der Waals surface area contributed by atoms with Crippen molar-refractivity contribution >= 4 is 43.6 Å². The number of aromatic nitrogens is 2. The number of aryl methyl sites for hydroxylation is 1. The molecule has 0 spiro atoms. The van der Waals surface area contributed by atoms with E-state index in [4.69, 9.17) is 14.1 Å². The van der Waals surface area contributed by atoms with Gasteiger partial charge in [0.1, 0.15) is 40.1 Å². The molecule has 0 bridgehead atoms. The lowest BCUT2D eigenvalue weighted by Gasteiger charge is -2.21. The van der Waals surface area contributed by atoms with Crippen LogP contribution >= 0.6 is 0 Å². The average Bonchev–Trinajstić information content (AvgIpc) is 3.56. The number of carbonyl (C=O) groups excluding carboxylic acids is 1. The van der Waals surface area contributed by atoms with Crippen LogP contribution in [0.4, 0.5) is 14.5 Å². The van der Waals surface area contributed by atoms with E-state index in [0.717, 1.165) is 10.6 Å². The molecule has 0 saturated carbocycles. The summed E-state index contributed by atoms with van der Waals surface area (Å²) in [7, 11) is 0.656. The highest BCUT2D eigenvalue weighted by atomic mass is 32.2. The molecule has 0 aliphatic carbocycles. The van der Waals surface area contributed by atoms with Crippen LogP contribution < -0.4 is 14.4 Å². The summed E-state index contributed by atoms with van der Waals surface area (Å²) in [5, 5.41) is 3.05. The normalized spacial score (nSPS) is 11.7. The van der Waals surface area contributed by atoms with Crippen LogP contribution in [0, 0.1) is 18.6 Å². The average molecular weight is 631 g/mol. The topological polar surface area (TPSA) is 107 Å². The monoisotopic (exact) mass is 630 g/mol. The molecule has 0 saturated heterocycles. The summed E-state index contributed by atoms with van der Waals surface area (Å²) in [5.74, 6) is -0.0289. The minimum absolute atomic E-state index is 0.201. The van der Waals surface area contributed by atoms with Gasteiger partial charge in [0.25, 0.3) is 5.91 Å². The SMILES string of the molecule is CNC(=O)c1c(-c2ccc(F)cc2)oc2cc(N(C)S(C)(=O)=O)c(-c3cc(OC)c4nc(C)n(-c5ccc(F)cc5)c4c3)cc12. The zero-order valence-corrected chi connectivity index (χ0v) is 25.8. The first-order valence-corrected chi connectivity index (χ1v) is 15.6. The number of furan rings is 1. The summed E-state index contributed by atoms with van der Waals surface area (Å²) in [6.45, 7) is 1.81. The summed E-state index contributed by atoms with van der Waals surface area (Å²) < 4.78 is 68.1. The van der Waals surface area contributed by atoms with Gasteiger partial charge < -0.3 is 14.5 Å². The Morgan fingerprint density at radius 3 is 2.22 bits per heavy atom. The van der Waals surface area contributed by atoms with Crippen LogP contribution in [0.25, 0.3) is 50.1 Å². The number of methoxy groups -OCH3 is 1. The van der Waals surface area contributed by atoms with E-state index in [1.807, 2.05) is 17.6 Å². The second-order valence-corrected chi connectivity index (χ2v) is 12.5. The van der Waals surface area contributed by atoms with Crippen molar-refractivity contribution in [1.82, 2.24) is 14.9 Å². The number of hydrogen-bond acceptors (Lipinski definition) is 6. The maximum atomic E-state index is 13.8. The molecule has 0 unspecified atom stereocenters. The molecule has 0 aliphatic heterocycles. The molecule has 1 amide bonds. The van der Waals surface area contributed by atoms with E-state index in [9.17, 15) is 22.0 Å². The number of nitrogens with zero attached hydrogens (tertiary/aromatic N) is 3. The Bertz CT molecular complexity index is 2220. The van der Waals surface area contributed by atoms with Crippen LogP contribution in [0.15, 0.2) is 77.2 Å². The molecule has 4 aromatic carbocycles. The second-order valence-electron chi connectivity index (χ2n) is 10.5. The number of imidazole rings is 1. The fourth-order valence-electron chi connectivity index (χ4n) is 5.45. The zero-order valence-electron chi connectivity index (χ0n) is 25.0. The molecule has 2 aromatic heterocycles. The maximum absolute atomic E-state index is 13.8. The van der Waals surface area contributed by atoms with E-state index in [-0.39, 0.29) is 28.4 Å². The van der Waals surface area contributed by atoms with Crippen LogP contribution in [-0.2, 0) is 10.0 Å². The van der Waals surface area contributed by atoms with Gasteiger partial charge in [0.2, 0.25) is 10.0 Å². The molecule has 0 atom stereocenters. The first kappa shape index (κ1) is 29.8. The van der Waals surface area contributed by atoms with Gasteiger partial charge in [-0.15, -0.1) is 0 Å².